The maximum atomic E-state index is 13.7. The number of halogens is 1. The molecule has 0 aliphatic carbocycles. The Balaban J connectivity index is 1.28. The zero-order valence-corrected chi connectivity index (χ0v) is 16.9. The van der Waals surface area contributed by atoms with Crippen molar-refractivity contribution in [1.29, 1.82) is 0 Å². The number of aromatic amines is 1. The monoisotopic (exact) mass is 405 g/mol. The molecule has 2 aromatic carbocycles. The Kier molecular flexibility index (Phi) is 5.88. The maximum Gasteiger partial charge on any atom is 0.269 e. The van der Waals surface area contributed by atoms with Gasteiger partial charge in [0, 0.05) is 25.6 Å². The molecule has 2 aromatic heterocycles. The molecule has 1 amide bonds. The van der Waals surface area contributed by atoms with Crippen LogP contribution < -0.4 is 5.32 Å². The molecular weight excluding hydrogens is 381 g/mol. The van der Waals surface area contributed by atoms with Crippen molar-refractivity contribution in [1.82, 2.24) is 25.1 Å². The minimum atomic E-state index is -0.326. The number of imidazole rings is 1. The van der Waals surface area contributed by atoms with Gasteiger partial charge in [-0.1, -0.05) is 30.3 Å². The van der Waals surface area contributed by atoms with Crippen LogP contribution in [0.1, 0.15) is 40.4 Å². The van der Waals surface area contributed by atoms with Crippen molar-refractivity contribution in [3.63, 3.8) is 0 Å². The number of hydrogen-bond donors (Lipinski definition) is 2. The Morgan fingerprint density at radius 3 is 2.70 bits per heavy atom. The maximum absolute atomic E-state index is 13.7. The molecule has 7 heteroatoms. The molecule has 0 saturated carbocycles. The highest BCUT2D eigenvalue weighted by Crippen LogP contribution is 2.13. The Hall–Kier alpha value is -3.48. The second kappa shape index (κ2) is 8.90. The van der Waals surface area contributed by atoms with Crippen LogP contribution in [-0.2, 0) is 26.4 Å². The van der Waals surface area contributed by atoms with Crippen molar-refractivity contribution in [2.75, 3.05) is 0 Å². The first-order valence-corrected chi connectivity index (χ1v) is 10.1. The quantitative estimate of drug-likeness (QED) is 0.436. The van der Waals surface area contributed by atoms with E-state index in [9.17, 15) is 9.18 Å². The van der Waals surface area contributed by atoms with Crippen molar-refractivity contribution in [3.8, 4) is 0 Å². The third-order valence-corrected chi connectivity index (χ3v) is 5.10. The van der Waals surface area contributed by atoms with E-state index in [1.165, 1.54) is 6.07 Å². The molecule has 0 bridgehead atoms. The van der Waals surface area contributed by atoms with E-state index in [1.54, 1.807) is 36.0 Å². The fraction of sp³-hybridized carbons (Fsp3) is 0.261. The van der Waals surface area contributed by atoms with Crippen molar-refractivity contribution in [3.05, 3.63) is 83.2 Å². The number of benzene rings is 2. The second-order valence-corrected chi connectivity index (χ2v) is 7.33. The van der Waals surface area contributed by atoms with Crippen LogP contribution in [-0.4, -0.2) is 25.7 Å². The Morgan fingerprint density at radius 2 is 1.87 bits per heavy atom. The van der Waals surface area contributed by atoms with E-state index in [-0.39, 0.29) is 18.3 Å². The number of nitrogens with zero attached hydrogens (tertiary/aromatic N) is 3. The van der Waals surface area contributed by atoms with Gasteiger partial charge in [0.1, 0.15) is 17.3 Å². The molecule has 0 spiro atoms. The van der Waals surface area contributed by atoms with Crippen LogP contribution in [0.5, 0.6) is 0 Å². The highest BCUT2D eigenvalue weighted by atomic mass is 19.1. The summed E-state index contributed by atoms with van der Waals surface area (Å²) in [7, 11) is 1.75. The van der Waals surface area contributed by atoms with E-state index in [4.69, 9.17) is 0 Å². The summed E-state index contributed by atoms with van der Waals surface area (Å²) in [6.45, 7) is 0.142. The minimum absolute atomic E-state index is 0.142. The van der Waals surface area contributed by atoms with Crippen molar-refractivity contribution < 1.29 is 9.18 Å². The van der Waals surface area contributed by atoms with Crippen LogP contribution in [0.2, 0.25) is 0 Å². The number of carbonyl (C=O) groups excluding carboxylic acids is 1. The van der Waals surface area contributed by atoms with Crippen LogP contribution in [0.15, 0.2) is 54.6 Å². The van der Waals surface area contributed by atoms with E-state index >= 15 is 0 Å². The molecule has 6 nitrogen and oxygen atoms in total. The third-order valence-electron chi connectivity index (χ3n) is 5.10. The number of aromatic nitrogens is 4. The van der Waals surface area contributed by atoms with E-state index < -0.39 is 0 Å². The molecule has 0 atom stereocenters. The number of nitrogens with one attached hydrogen (secondary N) is 2. The number of aryl methyl sites for hydroxylation is 3. The second-order valence-electron chi connectivity index (χ2n) is 7.33. The summed E-state index contributed by atoms with van der Waals surface area (Å²) in [4.78, 5) is 20.4. The molecule has 0 fully saturated rings. The summed E-state index contributed by atoms with van der Waals surface area (Å²) >= 11 is 0. The molecule has 2 N–H and O–H groups in total. The fourth-order valence-electron chi connectivity index (χ4n) is 3.49. The molecule has 30 heavy (non-hydrogen) atoms. The Morgan fingerprint density at radius 1 is 1.10 bits per heavy atom. The number of H-pyrrole nitrogens is 1. The summed E-state index contributed by atoms with van der Waals surface area (Å²) in [6.07, 6.45) is 3.59. The largest absolute Gasteiger partial charge is 0.347 e. The van der Waals surface area contributed by atoms with Gasteiger partial charge < -0.3 is 10.3 Å². The van der Waals surface area contributed by atoms with Gasteiger partial charge in [-0.3, -0.25) is 9.48 Å². The highest BCUT2D eigenvalue weighted by molar-refractivity contribution is 5.92. The molecule has 0 aliphatic heterocycles. The number of unbranched alkanes of at least 4 members (excludes halogenated alkanes) is 1. The molecule has 2 heterocycles. The Labute approximate surface area is 174 Å². The number of rotatable bonds is 8. The van der Waals surface area contributed by atoms with E-state index in [1.807, 2.05) is 24.3 Å². The van der Waals surface area contributed by atoms with E-state index in [2.05, 4.69) is 20.4 Å². The summed E-state index contributed by atoms with van der Waals surface area (Å²) in [5.74, 6) is 0.403. The number of fused-ring (bicyclic) bond motifs is 1. The van der Waals surface area contributed by atoms with Crippen LogP contribution in [0.4, 0.5) is 4.39 Å². The van der Waals surface area contributed by atoms with Gasteiger partial charge in [-0.05, 0) is 43.5 Å². The first-order chi connectivity index (χ1) is 14.6. The summed E-state index contributed by atoms with van der Waals surface area (Å²) < 4.78 is 15.3. The zero-order chi connectivity index (χ0) is 20.9. The molecule has 0 unspecified atom stereocenters. The molecular formula is C23H24FN5O. The average molecular weight is 405 g/mol. The molecule has 4 aromatic rings. The lowest BCUT2D eigenvalue weighted by Crippen LogP contribution is -2.25. The predicted molar refractivity (Wildman–Crippen MR) is 114 cm³/mol. The van der Waals surface area contributed by atoms with Gasteiger partial charge in [-0.25, -0.2) is 9.37 Å². The van der Waals surface area contributed by atoms with Gasteiger partial charge in [-0.2, -0.15) is 5.10 Å². The van der Waals surface area contributed by atoms with Crippen LogP contribution in [0, 0.1) is 5.82 Å². The van der Waals surface area contributed by atoms with Gasteiger partial charge in [-0.15, -0.1) is 0 Å². The lowest BCUT2D eigenvalue weighted by molar-refractivity contribution is 0.0941. The zero-order valence-electron chi connectivity index (χ0n) is 16.9. The highest BCUT2D eigenvalue weighted by Gasteiger charge is 2.14. The van der Waals surface area contributed by atoms with Gasteiger partial charge in [0.2, 0.25) is 0 Å². The normalized spacial score (nSPS) is 11.1. The number of hydrogen-bond acceptors (Lipinski definition) is 3. The van der Waals surface area contributed by atoms with E-state index in [0.29, 0.717) is 11.3 Å². The average Bonchev–Trinajstić information content (AvgIpc) is 3.33. The number of carbonyl (C=O) groups is 1. The van der Waals surface area contributed by atoms with Gasteiger partial charge >= 0.3 is 0 Å². The Bertz CT molecular complexity index is 1130. The smallest absolute Gasteiger partial charge is 0.269 e. The first-order valence-electron chi connectivity index (χ1n) is 10.1. The number of amides is 1. The topological polar surface area (TPSA) is 75.6 Å². The van der Waals surface area contributed by atoms with Crippen molar-refractivity contribution in [2.45, 2.75) is 32.2 Å². The SMILES string of the molecule is Cn1nc(CCCCc2nc3ccccc3[nH]2)cc1C(=O)NCc1ccccc1F. The van der Waals surface area contributed by atoms with Crippen LogP contribution in [0.3, 0.4) is 0 Å². The van der Waals surface area contributed by atoms with Crippen molar-refractivity contribution >= 4 is 16.9 Å². The third kappa shape index (κ3) is 4.56. The van der Waals surface area contributed by atoms with Gasteiger partial charge in [0.15, 0.2) is 0 Å². The van der Waals surface area contributed by atoms with Gasteiger partial charge in [0.05, 0.1) is 16.7 Å². The van der Waals surface area contributed by atoms with Crippen molar-refractivity contribution in [2.24, 2.45) is 7.05 Å². The molecule has 4 rings (SSSR count). The number of para-hydroxylation sites is 2. The summed E-state index contributed by atoms with van der Waals surface area (Å²) in [5.41, 5.74) is 3.85. The van der Waals surface area contributed by atoms with Gasteiger partial charge in [0.25, 0.3) is 5.91 Å². The lowest BCUT2D eigenvalue weighted by Gasteiger charge is -2.06. The molecule has 0 aliphatic rings. The minimum Gasteiger partial charge on any atom is -0.347 e. The molecule has 0 radical (unpaired) electrons. The standard InChI is InChI=1S/C23H24FN5O/c1-29-21(23(30)25-15-16-8-2-4-10-18(16)24)14-17(28-29)9-3-7-13-22-26-19-11-5-6-12-20(19)27-22/h2,4-6,8,10-12,14H,3,7,9,13,15H2,1H3,(H,25,30)(H,26,27). The summed E-state index contributed by atoms with van der Waals surface area (Å²) in [5, 5.41) is 7.20. The molecule has 0 saturated heterocycles. The lowest BCUT2D eigenvalue weighted by atomic mass is 10.1. The first kappa shape index (κ1) is 19.8. The van der Waals surface area contributed by atoms with Crippen LogP contribution in [0.25, 0.3) is 11.0 Å². The van der Waals surface area contributed by atoms with Crippen LogP contribution >= 0.6 is 0 Å². The van der Waals surface area contributed by atoms with E-state index in [0.717, 1.165) is 48.2 Å². The summed E-state index contributed by atoms with van der Waals surface area (Å²) in [6, 6.07) is 16.2. The fourth-order valence-corrected chi connectivity index (χ4v) is 3.49. The predicted octanol–water partition coefficient (Wildman–Crippen LogP) is 3.93. The molecule has 154 valence electrons.